The molecule has 0 fully saturated rings. The number of carbonyl (C=O) groups is 2. The zero-order chi connectivity index (χ0) is 17.0. The van der Waals surface area contributed by atoms with Crippen LogP contribution in [0.1, 0.15) is 15.9 Å². The molecule has 0 aliphatic rings. The van der Waals surface area contributed by atoms with Crippen LogP contribution in [0.2, 0.25) is 0 Å². The van der Waals surface area contributed by atoms with Crippen molar-refractivity contribution in [1.82, 2.24) is 0 Å². The lowest BCUT2D eigenvalue weighted by atomic mass is 10.1. The molecule has 7 heteroatoms. The molecule has 0 bridgehead atoms. The Kier molecular flexibility index (Phi) is 4.61. The van der Waals surface area contributed by atoms with Crippen molar-refractivity contribution in [3.63, 3.8) is 0 Å². The molecule has 2 aromatic rings. The van der Waals surface area contributed by atoms with E-state index in [0.717, 1.165) is 4.90 Å². The van der Waals surface area contributed by atoms with E-state index in [1.54, 1.807) is 30.3 Å². The highest BCUT2D eigenvalue weighted by Gasteiger charge is 2.22. The van der Waals surface area contributed by atoms with E-state index in [1.807, 2.05) is 0 Å². The van der Waals surface area contributed by atoms with Crippen molar-refractivity contribution >= 4 is 29.1 Å². The number of nitrogens with zero attached hydrogens (tertiary/aromatic N) is 1. The normalized spacial score (nSPS) is 10.1. The van der Waals surface area contributed by atoms with Crippen LogP contribution in [0.15, 0.2) is 48.5 Å². The van der Waals surface area contributed by atoms with Gasteiger partial charge >= 0.3 is 5.97 Å². The number of carbonyl (C=O) groups excluding carboxylic acids is 1. The Morgan fingerprint density at radius 3 is 2.35 bits per heavy atom. The number of carboxylic acid groups (broad SMARTS) is 1. The third kappa shape index (κ3) is 3.65. The number of benzene rings is 2. The molecule has 23 heavy (non-hydrogen) atoms. The van der Waals surface area contributed by atoms with Gasteiger partial charge in [-0.1, -0.05) is 18.2 Å². The van der Waals surface area contributed by atoms with Crippen LogP contribution < -0.4 is 16.4 Å². The molecular weight excluding hydrogens is 296 g/mol. The summed E-state index contributed by atoms with van der Waals surface area (Å²) >= 11 is 0. The molecule has 7 nitrogen and oxygen atoms in total. The van der Waals surface area contributed by atoms with Crippen molar-refractivity contribution in [3.05, 3.63) is 59.7 Å². The zero-order valence-electron chi connectivity index (χ0n) is 12.2. The van der Waals surface area contributed by atoms with Crippen molar-refractivity contribution in [2.75, 3.05) is 17.2 Å². The monoisotopic (exact) mass is 312 g/mol. The van der Waals surface area contributed by atoms with Gasteiger partial charge in [-0.2, -0.15) is 0 Å². The highest BCUT2D eigenvalue weighted by atomic mass is 16.4. The summed E-state index contributed by atoms with van der Waals surface area (Å²) in [5, 5.41) is 16.5. The van der Waals surface area contributed by atoms with Crippen molar-refractivity contribution in [1.29, 1.82) is 5.41 Å². The van der Waals surface area contributed by atoms with Gasteiger partial charge in [0.1, 0.15) is 12.4 Å². The molecule has 0 aromatic heterocycles. The molecule has 0 aliphatic carbocycles. The number of nitrogen functional groups attached to an aromatic ring is 2. The fraction of sp³-hybridized carbons (Fsp3) is 0.0625. The Balaban J connectivity index is 2.47. The Morgan fingerprint density at radius 1 is 1.13 bits per heavy atom. The van der Waals surface area contributed by atoms with Crippen molar-refractivity contribution < 1.29 is 14.7 Å². The smallest absolute Gasteiger partial charge is 0.323 e. The molecule has 0 unspecified atom stereocenters. The quantitative estimate of drug-likeness (QED) is 0.375. The number of aliphatic carboxylic acids is 1. The summed E-state index contributed by atoms with van der Waals surface area (Å²) in [4.78, 5) is 25.0. The maximum Gasteiger partial charge on any atom is 0.323 e. The van der Waals surface area contributed by atoms with Gasteiger partial charge in [0, 0.05) is 16.9 Å². The maximum absolute atomic E-state index is 12.7. The van der Waals surface area contributed by atoms with Crippen LogP contribution in [0.5, 0.6) is 0 Å². The summed E-state index contributed by atoms with van der Waals surface area (Å²) in [7, 11) is 0. The first-order valence-corrected chi connectivity index (χ1v) is 6.72. The third-order valence-corrected chi connectivity index (χ3v) is 3.20. The Labute approximate surface area is 132 Å². The van der Waals surface area contributed by atoms with E-state index < -0.39 is 18.4 Å². The summed E-state index contributed by atoms with van der Waals surface area (Å²) in [6.07, 6.45) is 0. The van der Waals surface area contributed by atoms with E-state index in [1.165, 1.54) is 18.2 Å². The molecular formula is C16H16N4O3. The predicted octanol–water partition coefficient (Wildman–Crippen LogP) is 1.28. The van der Waals surface area contributed by atoms with E-state index in [0.29, 0.717) is 11.3 Å². The lowest BCUT2D eigenvalue weighted by Gasteiger charge is -2.22. The first-order valence-electron chi connectivity index (χ1n) is 6.72. The highest BCUT2D eigenvalue weighted by Crippen LogP contribution is 2.21. The average molecular weight is 312 g/mol. The number of nitrogens with two attached hydrogens (primary N) is 2. The summed E-state index contributed by atoms with van der Waals surface area (Å²) in [5.74, 6) is -1.92. The lowest BCUT2D eigenvalue weighted by molar-refractivity contribution is -0.135. The Hall–Kier alpha value is -3.35. The molecule has 0 spiro atoms. The fourth-order valence-electron chi connectivity index (χ4n) is 2.08. The van der Waals surface area contributed by atoms with Gasteiger partial charge in [0.2, 0.25) is 0 Å². The van der Waals surface area contributed by atoms with Crippen LogP contribution in [0, 0.1) is 5.41 Å². The second-order valence-electron chi connectivity index (χ2n) is 4.84. The summed E-state index contributed by atoms with van der Waals surface area (Å²) in [6.45, 7) is -0.507. The number of amides is 1. The number of hydrogen-bond donors (Lipinski definition) is 4. The minimum absolute atomic E-state index is 0.0998. The van der Waals surface area contributed by atoms with Gasteiger partial charge in [0.25, 0.3) is 5.91 Å². The van der Waals surface area contributed by atoms with Gasteiger partial charge in [-0.15, -0.1) is 0 Å². The first-order chi connectivity index (χ1) is 10.9. The standard InChI is InChI=1S/C16H16N4O3/c17-13-7-6-10(15(18)19)8-12(13)16(23)20(9-14(21)22)11-4-2-1-3-5-11/h1-8H,9,17H2,(H3,18,19)(H,21,22). The van der Waals surface area contributed by atoms with Gasteiger partial charge < -0.3 is 16.6 Å². The number of carboxylic acids is 1. The van der Waals surface area contributed by atoms with Crippen LogP contribution >= 0.6 is 0 Å². The van der Waals surface area contributed by atoms with Crippen LogP contribution in [-0.4, -0.2) is 29.4 Å². The molecule has 0 radical (unpaired) electrons. The van der Waals surface area contributed by atoms with Gasteiger partial charge in [-0.05, 0) is 30.3 Å². The minimum atomic E-state index is -1.15. The Morgan fingerprint density at radius 2 is 1.78 bits per heavy atom. The maximum atomic E-state index is 12.7. The first kappa shape index (κ1) is 16.0. The van der Waals surface area contributed by atoms with Crippen LogP contribution in [0.3, 0.4) is 0 Å². The largest absolute Gasteiger partial charge is 0.480 e. The van der Waals surface area contributed by atoms with Crippen molar-refractivity contribution in [3.8, 4) is 0 Å². The molecule has 0 aliphatic heterocycles. The van der Waals surface area contributed by atoms with E-state index in [4.69, 9.17) is 22.0 Å². The average Bonchev–Trinajstić information content (AvgIpc) is 2.53. The number of nitrogens with one attached hydrogen (secondary N) is 1. The molecule has 2 rings (SSSR count). The number of para-hydroxylation sites is 1. The molecule has 118 valence electrons. The lowest BCUT2D eigenvalue weighted by Crippen LogP contribution is -2.36. The van der Waals surface area contributed by atoms with E-state index in [2.05, 4.69) is 0 Å². The van der Waals surface area contributed by atoms with Gasteiger partial charge in [0.15, 0.2) is 0 Å². The zero-order valence-corrected chi connectivity index (χ0v) is 12.2. The minimum Gasteiger partial charge on any atom is -0.480 e. The summed E-state index contributed by atoms with van der Waals surface area (Å²) in [6, 6.07) is 12.8. The summed E-state index contributed by atoms with van der Waals surface area (Å²) in [5.41, 5.74) is 12.3. The SMILES string of the molecule is N=C(N)c1ccc(N)c(C(=O)N(CC(=O)O)c2ccccc2)c1. The number of amidine groups is 1. The number of hydrogen-bond acceptors (Lipinski definition) is 4. The number of anilines is 2. The van der Waals surface area contributed by atoms with Gasteiger partial charge in [-0.3, -0.25) is 19.9 Å². The molecule has 0 saturated carbocycles. The van der Waals surface area contributed by atoms with Crippen molar-refractivity contribution in [2.24, 2.45) is 5.73 Å². The van der Waals surface area contributed by atoms with Gasteiger partial charge in [-0.25, -0.2) is 0 Å². The number of rotatable bonds is 5. The fourth-order valence-corrected chi connectivity index (χ4v) is 2.08. The Bertz CT molecular complexity index is 759. The van der Waals surface area contributed by atoms with Crippen LogP contribution in [0.4, 0.5) is 11.4 Å². The molecule has 1 amide bonds. The highest BCUT2D eigenvalue weighted by molar-refractivity contribution is 6.12. The van der Waals surface area contributed by atoms with E-state index in [9.17, 15) is 9.59 Å². The molecule has 0 heterocycles. The summed E-state index contributed by atoms with van der Waals surface area (Å²) < 4.78 is 0. The van der Waals surface area contributed by atoms with E-state index >= 15 is 0 Å². The third-order valence-electron chi connectivity index (χ3n) is 3.20. The topological polar surface area (TPSA) is 134 Å². The van der Waals surface area contributed by atoms with Crippen molar-refractivity contribution in [2.45, 2.75) is 0 Å². The van der Waals surface area contributed by atoms with Crippen LogP contribution in [-0.2, 0) is 4.79 Å². The molecule has 2 aromatic carbocycles. The predicted molar refractivity (Wildman–Crippen MR) is 87.6 cm³/mol. The molecule has 0 saturated heterocycles. The van der Waals surface area contributed by atoms with E-state index in [-0.39, 0.29) is 17.1 Å². The molecule has 6 N–H and O–H groups in total. The van der Waals surface area contributed by atoms with Crippen LogP contribution in [0.25, 0.3) is 0 Å². The second-order valence-corrected chi connectivity index (χ2v) is 4.84. The molecule has 0 atom stereocenters. The van der Waals surface area contributed by atoms with Gasteiger partial charge in [0.05, 0.1) is 5.56 Å². The second kappa shape index (κ2) is 6.61.